The molecule has 0 heterocycles. The highest BCUT2D eigenvalue weighted by Crippen LogP contribution is 2.22. The summed E-state index contributed by atoms with van der Waals surface area (Å²) in [6, 6.07) is 9.43. The van der Waals surface area contributed by atoms with Crippen LogP contribution in [0.5, 0.6) is 0 Å². The molecule has 17 heavy (non-hydrogen) atoms. The Morgan fingerprint density at radius 1 is 1.18 bits per heavy atom. The van der Waals surface area contributed by atoms with Gasteiger partial charge in [-0.15, -0.1) is 0 Å². The Morgan fingerprint density at radius 3 is 2.53 bits per heavy atom. The molecule has 4 nitrogen and oxygen atoms in total. The fraction of sp³-hybridized carbons (Fsp3) is 0.231. The SMILES string of the molecule is OCC1(O)C=CC(N=Nc2ccccc2)=CC1. The predicted octanol–water partition coefficient (Wildman–Crippen LogP) is 2.34. The second kappa shape index (κ2) is 5.03. The predicted molar refractivity (Wildman–Crippen MR) is 64.8 cm³/mol. The average molecular weight is 230 g/mol. The summed E-state index contributed by atoms with van der Waals surface area (Å²) in [4.78, 5) is 0. The van der Waals surface area contributed by atoms with Crippen molar-refractivity contribution in [1.82, 2.24) is 0 Å². The maximum Gasteiger partial charge on any atom is 0.110 e. The number of benzene rings is 1. The van der Waals surface area contributed by atoms with Gasteiger partial charge >= 0.3 is 0 Å². The quantitative estimate of drug-likeness (QED) is 0.783. The summed E-state index contributed by atoms with van der Waals surface area (Å²) in [7, 11) is 0. The molecule has 2 N–H and O–H groups in total. The van der Waals surface area contributed by atoms with Crippen LogP contribution in [0.3, 0.4) is 0 Å². The average Bonchev–Trinajstić information content (AvgIpc) is 2.39. The molecule has 0 aliphatic heterocycles. The number of allylic oxidation sites excluding steroid dienone is 1. The van der Waals surface area contributed by atoms with Crippen LogP contribution < -0.4 is 0 Å². The smallest absolute Gasteiger partial charge is 0.110 e. The second-order valence-electron chi connectivity index (χ2n) is 3.96. The van der Waals surface area contributed by atoms with Crippen LogP contribution in [0.1, 0.15) is 6.42 Å². The van der Waals surface area contributed by atoms with Gasteiger partial charge in [0.25, 0.3) is 0 Å². The molecule has 2 rings (SSSR count). The van der Waals surface area contributed by atoms with Crippen LogP contribution >= 0.6 is 0 Å². The summed E-state index contributed by atoms with van der Waals surface area (Å²) in [6.07, 6.45) is 5.31. The Balaban J connectivity index is 2.03. The minimum Gasteiger partial charge on any atom is -0.393 e. The molecule has 0 spiro atoms. The van der Waals surface area contributed by atoms with E-state index in [1.54, 1.807) is 18.2 Å². The van der Waals surface area contributed by atoms with Crippen molar-refractivity contribution >= 4 is 5.69 Å². The Labute approximate surface area is 99.6 Å². The van der Waals surface area contributed by atoms with E-state index in [1.165, 1.54) is 0 Å². The fourth-order valence-electron chi connectivity index (χ4n) is 1.46. The molecular weight excluding hydrogens is 216 g/mol. The van der Waals surface area contributed by atoms with E-state index in [2.05, 4.69) is 10.2 Å². The molecule has 88 valence electrons. The normalized spacial score (nSPS) is 24.0. The molecule has 0 radical (unpaired) electrons. The second-order valence-corrected chi connectivity index (χ2v) is 3.96. The molecule has 0 bridgehead atoms. The van der Waals surface area contributed by atoms with E-state index < -0.39 is 5.60 Å². The van der Waals surface area contributed by atoms with Gasteiger partial charge in [0, 0.05) is 6.42 Å². The minimum atomic E-state index is -1.15. The third kappa shape index (κ3) is 3.09. The third-order valence-electron chi connectivity index (χ3n) is 2.54. The van der Waals surface area contributed by atoms with Gasteiger partial charge in [-0.1, -0.05) is 24.3 Å². The first kappa shape index (κ1) is 11.7. The lowest BCUT2D eigenvalue weighted by Gasteiger charge is -2.22. The summed E-state index contributed by atoms with van der Waals surface area (Å²) in [5, 5.41) is 26.8. The van der Waals surface area contributed by atoms with Crippen LogP contribution in [0.4, 0.5) is 5.69 Å². The summed E-state index contributed by atoms with van der Waals surface area (Å²) in [5.41, 5.74) is 0.322. The zero-order valence-electron chi connectivity index (χ0n) is 9.32. The molecule has 1 aromatic rings. The molecular formula is C13H14N2O2. The Hall–Kier alpha value is -1.78. The van der Waals surface area contributed by atoms with Gasteiger partial charge in [-0.25, -0.2) is 0 Å². The van der Waals surface area contributed by atoms with E-state index in [9.17, 15) is 5.11 Å². The van der Waals surface area contributed by atoms with E-state index in [0.29, 0.717) is 12.1 Å². The maximum atomic E-state index is 9.73. The fourth-order valence-corrected chi connectivity index (χ4v) is 1.46. The van der Waals surface area contributed by atoms with E-state index in [1.807, 2.05) is 30.3 Å². The van der Waals surface area contributed by atoms with Crippen molar-refractivity contribution in [2.24, 2.45) is 10.2 Å². The van der Waals surface area contributed by atoms with Crippen molar-refractivity contribution in [2.75, 3.05) is 6.61 Å². The van der Waals surface area contributed by atoms with Crippen LogP contribution in [0.2, 0.25) is 0 Å². The number of rotatable bonds is 3. The van der Waals surface area contributed by atoms with Crippen LogP contribution in [0.15, 0.2) is 64.5 Å². The van der Waals surface area contributed by atoms with Crippen LogP contribution in [-0.4, -0.2) is 22.4 Å². The molecule has 1 aromatic carbocycles. The molecule has 0 amide bonds. The summed E-state index contributed by atoms with van der Waals surface area (Å²) in [6.45, 7) is -0.289. The lowest BCUT2D eigenvalue weighted by molar-refractivity contribution is 0.0287. The summed E-state index contributed by atoms with van der Waals surface area (Å²) >= 11 is 0. The largest absolute Gasteiger partial charge is 0.393 e. The number of nitrogens with zero attached hydrogens (tertiary/aromatic N) is 2. The van der Waals surface area contributed by atoms with Gasteiger partial charge in [0.05, 0.1) is 18.0 Å². The molecule has 0 fully saturated rings. The highest BCUT2D eigenvalue weighted by Gasteiger charge is 2.23. The maximum absolute atomic E-state index is 9.73. The van der Waals surface area contributed by atoms with Crippen LogP contribution in [-0.2, 0) is 0 Å². The van der Waals surface area contributed by atoms with Gasteiger partial charge in [0.1, 0.15) is 5.60 Å². The van der Waals surface area contributed by atoms with Gasteiger partial charge in [-0.3, -0.25) is 0 Å². The molecule has 0 saturated heterocycles. The summed E-state index contributed by atoms with van der Waals surface area (Å²) < 4.78 is 0. The van der Waals surface area contributed by atoms with E-state index in [0.717, 1.165) is 5.69 Å². The monoisotopic (exact) mass is 230 g/mol. The standard InChI is InChI=1S/C13H14N2O2/c16-10-13(17)8-6-12(7-9-13)15-14-11-4-2-1-3-5-11/h1-8,16-17H,9-10H2. The van der Waals surface area contributed by atoms with Gasteiger partial charge in [-0.2, -0.15) is 10.2 Å². The zero-order valence-corrected chi connectivity index (χ0v) is 9.32. The van der Waals surface area contributed by atoms with E-state index in [4.69, 9.17) is 5.11 Å². The number of azo groups is 1. The van der Waals surface area contributed by atoms with Crippen molar-refractivity contribution in [3.05, 3.63) is 54.3 Å². The van der Waals surface area contributed by atoms with Crippen molar-refractivity contribution < 1.29 is 10.2 Å². The molecule has 1 aliphatic rings. The Morgan fingerprint density at radius 2 is 1.94 bits per heavy atom. The highest BCUT2D eigenvalue weighted by atomic mass is 16.3. The van der Waals surface area contributed by atoms with Gasteiger partial charge < -0.3 is 10.2 Å². The number of hydrogen-bond donors (Lipinski definition) is 2. The molecule has 0 saturated carbocycles. The van der Waals surface area contributed by atoms with Crippen LogP contribution in [0.25, 0.3) is 0 Å². The third-order valence-corrected chi connectivity index (χ3v) is 2.54. The molecule has 1 aliphatic carbocycles. The van der Waals surface area contributed by atoms with Crippen molar-refractivity contribution in [3.8, 4) is 0 Å². The summed E-state index contributed by atoms with van der Waals surface area (Å²) in [5.74, 6) is 0. The zero-order chi connectivity index (χ0) is 12.1. The minimum absolute atomic E-state index is 0.289. The van der Waals surface area contributed by atoms with E-state index >= 15 is 0 Å². The van der Waals surface area contributed by atoms with Crippen molar-refractivity contribution in [1.29, 1.82) is 0 Å². The highest BCUT2D eigenvalue weighted by molar-refractivity contribution is 5.35. The first-order valence-electron chi connectivity index (χ1n) is 5.41. The van der Waals surface area contributed by atoms with Gasteiger partial charge in [0.2, 0.25) is 0 Å². The number of aliphatic hydroxyl groups is 2. The Bertz CT molecular complexity index is 466. The first-order valence-corrected chi connectivity index (χ1v) is 5.41. The van der Waals surface area contributed by atoms with Crippen LogP contribution in [0, 0.1) is 0 Å². The molecule has 1 atom stereocenters. The lowest BCUT2D eigenvalue weighted by Crippen LogP contribution is -2.31. The van der Waals surface area contributed by atoms with Crippen molar-refractivity contribution in [3.63, 3.8) is 0 Å². The molecule has 4 heteroatoms. The number of hydrogen-bond acceptors (Lipinski definition) is 4. The van der Waals surface area contributed by atoms with E-state index in [-0.39, 0.29) is 6.61 Å². The van der Waals surface area contributed by atoms with Crippen molar-refractivity contribution in [2.45, 2.75) is 12.0 Å². The van der Waals surface area contributed by atoms with Gasteiger partial charge in [0.15, 0.2) is 0 Å². The topological polar surface area (TPSA) is 65.2 Å². The van der Waals surface area contributed by atoms with Gasteiger partial charge in [-0.05, 0) is 24.3 Å². The number of aliphatic hydroxyl groups excluding tert-OH is 1. The first-order chi connectivity index (χ1) is 8.22. The molecule has 0 aromatic heterocycles. The lowest BCUT2D eigenvalue weighted by atomic mass is 9.95. The molecule has 1 unspecified atom stereocenters. The Kier molecular flexibility index (Phi) is 3.46.